The van der Waals surface area contributed by atoms with Crippen LogP contribution < -0.4 is 0 Å². The molecule has 1 aromatic heterocycles. The van der Waals surface area contributed by atoms with Gasteiger partial charge in [-0.15, -0.1) is 11.3 Å². The van der Waals surface area contributed by atoms with Crippen LogP contribution in [-0.2, 0) is 19.5 Å². The van der Waals surface area contributed by atoms with Crippen molar-refractivity contribution in [3.05, 3.63) is 16.3 Å². The molecule has 3 heterocycles. The topological polar surface area (TPSA) is 72.9 Å². The minimum Gasteiger partial charge on any atom is -0.465 e. The number of fused-ring (bicyclic) bond motifs is 2. The van der Waals surface area contributed by atoms with Gasteiger partial charge in [-0.1, -0.05) is 0 Å². The summed E-state index contributed by atoms with van der Waals surface area (Å²) < 4.78 is 37.8. The third-order valence-corrected chi connectivity index (χ3v) is 7.58. The number of hydrogen-bond acceptors (Lipinski definition) is 6. The van der Waals surface area contributed by atoms with Gasteiger partial charge in [0.2, 0.25) is 10.0 Å². The van der Waals surface area contributed by atoms with Gasteiger partial charge in [0.15, 0.2) is 0 Å². The summed E-state index contributed by atoms with van der Waals surface area (Å²) in [6, 6.07) is 1.41. The Labute approximate surface area is 134 Å². The highest BCUT2D eigenvalue weighted by Gasteiger charge is 2.48. The number of piperidine rings is 1. The van der Waals surface area contributed by atoms with Crippen molar-refractivity contribution in [2.75, 3.05) is 14.2 Å². The fourth-order valence-corrected chi connectivity index (χ4v) is 6.73. The van der Waals surface area contributed by atoms with E-state index >= 15 is 0 Å². The number of thiophene rings is 1. The summed E-state index contributed by atoms with van der Waals surface area (Å²) in [6.07, 6.45) is 3.24. The zero-order valence-electron chi connectivity index (χ0n) is 12.5. The highest BCUT2D eigenvalue weighted by atomic mass is 32.2. The van der Waals surface area contributed by atoms with E-state index in [1.807, 2.05) is 0 Å². The molecule has 2 saturated heterocycles. The Morgan fingerprint density at radius 2 is 1.91 bits per heavy atom. The number of carbonyl (C=O) groups is 1. The van der Waals surface area contributed by atoms with Gasteiger partial charge >= 0.3 is 5.97 Å². The number of ether oxygens (including phenoxy) is 2. The number of nitrogens with zero attached hydrogens (tertiary/aromatic N) is 1. The SMILES string of the molecule is COC(=O)c1sccc1S(=O)(=O)N1C2CCC1CC(OC)C2. The van der Waals surface area contributed by atoms with Crippen molar-refractivity contribution in [1.29, 1.82) is 0 Å². The first kappa shape index (κ1) is 15.9. The second-order valence-corrected chi connectivity index (χ2v) is 8.38. The standard InChI is InChI=1S/C14H19NO5S2/c1-19-11-7-9-3-4-10(8-11)15(9)22(17,18)12-5-6-21-13(12)14(16)20-2/h5-6,9-11H,3-4,7-8H2,1-2H3. The number of methoxy groups -OCH3 is 2. The predicted octanol–water partition coefficient (Wildman–Crippen LogP) is 1.87. The molecule has 2 unspecified atom stereocenters. The second kappa shape index (κ2) is 5.92. The third kappa shape index (κ3) is 2.47. The summed E-state index contributed by atoms with van der Waals surface area (Å²) in [4.78, 5) is 12.0. The first-order valence-electron chi connectivity index (χ1n) is 7.21. The van der Waals surface area contributed by atoms with Crippen LogP contribution in [0.1, 0.15) is 35.4 Å². The van der Waals surface area contributed by atoms with Gasteiger partial charge in [0.1, 0.15) is 9.77 Å². The van der Waals surface area contributed by atoms with Gasteiger partial charge < -0.3 is 9.47 Å². The molecule has 0 saturated carbocycles. The molecule has 0 aliphatic carbocycles. The van der Waals surface area contributed by atoms with Crippen LogP contribution in [0.25, 0.3) is 0 Å². The number of esters is 1. The Balaban J connectivity index is 1.95. The van der Waals surface area contributed by atoms with E-state index in [0.717, 1.165) is 24.2 Å². The van der Waals surface area contributed by atoms with Crippen LogP contribution in [0, 0.1) is 0 Å². The van der Waals surface area contributed by atoms with Crippen LogP contribution in [0.2, 0.25) is 0 Å². The highest BCUT2D eigenvalue weighted by molar-refractivity contribution is 7.89. The maximum absolute atomic E-state index is 13.0. The molecule has 0 aromatic carbocycles. The van der Waals surface area contributed by atoms with Crippen LogP contribution in [0.5, 0.6) is 0 Å². The zero-order valence-corrected chi connectivity index (χ0v) is 14.2. The van der Waals surface area contributed by atoms with Crippen molar-refractivity contribution in [3.63, 3.8) is 0 Å². The first-order valence-corrected chi connectivity index (χ1v) is 9.53. The molecule has 2 bridgehead atoms. The van der Waals surface area contributed by atoms with E-state index < -0.39 is 16.0 Å². The summed E-state index contributed by atoms with van der Waals surface area (Å²) in [5.74, 6) is -0.604. The Bertz CT molecular complexity index is 655. The molecule has 8 heteroatoms. The van der Waals surface area contributed by atoms with E-state index in [2.05, 4.69) is 0 Å². The number of hydrogen-bond donors (Lipinski definition) is 0. The lowest BCUT2D eigenvalue weighted by molar-refractivity contribution is 0.0348. The number of rotatable bonds is 4. The molecule has 122 valence electrons. The lowest BCUT2D eigenvalue weighted by Crippen LogP contribution is -2.48. The molecule has 1 aromatic rings. The van der Waals surface area contributed by atoms with Crippen LogP contribution in [-0.4, -0.2) is 51.1 Å². The van der Waals surface area contributed by atoms with Gasteiger partial charge in [0.05, 0.1) is 13.2 Å². The Hall–Kier alpha value is -0.960. The summed E-state index contributed by atoms with van der Waals surface area (Å²) in [5, 5.41) is 1.61. The van der Waals surface area contributed by atoms with Crippen molar-refractivity contribution < 1.29 is 22.7 Å². The van der Waals surface area contributed by atoms with Gasteiger partial charge in [-0.05, 0) is 37.1 Å². The molecule has 0 spiro atoms. The summed E-state index contributed by atoms with van der Waals surface area (Å²) in [7, 11) is -0.759. The predicted molar refractivity (Wildman–Crippen MR) is 81.5 cm³/mol. The zero-order chi connectivity index (χ0) is 15.9. The van der Waals surface area contributed by atoms with Crippen molar-refractivity contribution in [3.8, 4) is 0 Å². The van der Waals surface area contributed by atoms with Crippen LogP contribution in [0.15, 0.2) is 16.3 Å². The van der Waals surface area contributed by atoms with E-state index in [1.54, 1.807) is 16.8 Å². The minimum atomic E-state index is -3.68. The smallest absolute Gasteiger partial charge is 0.349 e. The minimum absolute atomic E-state index is 0.0425. The van der Waals surface area contributed by atoms with E-state index in [4.69, 9.17) is 9.47 Å². The molecule has 2 fully saturated rings. The normalized spacial score (nSPS) is 28.7. The molecule has 2 aliphatic heterocycles. The maximum atomic E-state index is 13.0. The van der Waals surface area contributed by atoms with E-state index in [-0.39, 0.29) is 28.0 Å². The molecule has 2 atom stereocenters. The fraction of sp³-hybridized carbons (Fsp3) is 0.643. The molecular formula is C14H19NO5S2. The lowest BCUT2D eigenvalue weighted by atomic mass is 10.0. The second-order valence-electron chi connectivity index (χ2n) is 5.65. The van der Waals surface area contributed by atoms with Crippen molar-refractivity contribution in [1.82, 2.24) is 4.31 Å². The molecule has 22 heavy (non-hydrogen) atoms. The van der Waals surface area contributed by atoms with Crippen LogP contribution in [0.4, 0.5) is 0 Å². The highest BCUT2D eigenvalue weighted by Crippen LogP contribution is 2.41. The average molecular weight is 345 g/mol. The lowest BCUT2D eigenvalue weighted by Gasteiger charge is -2.37. The Kier molecular flexibility index (Phi) is 4.28. The maximum Gasteiger partial charge on any atom is 0.349 e. The Morgan fingerprint density at radius 3 is 2.45 bits per heavy atom. The monoisotopic (exact) mass is 345 g/mol. The number of carbonyl (C=O) groups excluding carboxylic acids is 1. The van der Waals surface area contributed by atoms with E-state index in [9.17, 15) is 13.2 Å². The fourth-order valence-electron chi connectivity index (χ4n) is 3.52. The van der Waals surface area contributed by atoms with Crippen molar-refractivity contribution >= 4 is 27.3 Å². The van der Waals surface area contributed by atoms with E-state index in [0.29, 0.717) is 12.8 Å². The summed E-state index contributed by atoms with van der Waals surface area (Å²) >= 11 is 1.10. The molecule has 6 nitrogen and oxygen atoms in total. The quantitative estimate of drug-likeness (QED) is 0.779. The van der Waals surface area contributed by atoms with Crippen molar-refractivity contribution in [2.45, 2.75) is 48.8 Å². The molecule has 3 rings (SSSR count). The van der Waals surface area contributed by atoms with Crippen molar-refractivity contribution in [2.24, 2.45) is 0 Å². The van der Waals surface area contributed by atoms with Gasteiger partial charge in [-0.25, -0.2) is 13.2 Å². The average Bonchev–Trinajstić information content (AvgIpc) is 3.10. The van der Waals surface area contributed by atoms with Gasteiger partial charge in [-0.3, -0.25) is 0 Å². The third-order valence-electron chi connectivity index (χ3n) is 4.51. The Morgan fingerprint density at radius 1 is 1.27 bits per heavy atom. The van der Waals surface area contributed by atoms with Crippen LogP contribution >= 0.6 is 11.3 Å². The van der Waals surface area contributed by atoms with Gasteiger partial charge in [0, 0.05) is 19.2 Å². The largest absolute Gasteiger partial charge is 0.465 e. The van der Waals surface area contributed by atoms with Gasteiger partial charge in [0.25, 0.3) is 0 Å². The molecule has 0 N–H and O–H groups in total. The summed E-state index contributed by atoms with van der Waals surface area (Å²) in [5.41, 5.74) is 0. The van der Waals surface area contributed by atoms with Crippen LogP contribution in [0.3, 0.4) is 0 Å². The number of sulfonamides is 1. The molecular weight excluding hydrogens is 326 g/mol. The first-order chi connectivity index (χ1) is 10.5. The van der Waals surface area contributed by atoms with E-state index in [1.165, 1.54) is 13.2 Å². The molecule has 0 amide bonds. The van der Waals surface area contributed by atoms with Gasteiger partial charge in [-0.2, -0.15) is 4.31 Å². The molecule has 2 aliphatic rings. The molecule has 0 radical (unpaired) electrons. The summed E-state index contributed by atoms with van der Waals surface area (Å²) in [6.45, 7) is 0.